The quantitative estimate of drug-likeness (QED) is 0.489. The Labute approximate surface area is 201 Å². The maximum absolute atomic E-state index is 13.0. The minimum absolute atomic E-state index is 0.0785. The van der Waals surface area contributed by atoms with Crippen molar-refractivity contribution in [2.45, 2.75) is 40.2 Å². The summed E-state index contributed by atoms with van der Waals surface area (Å²) >= 11 is 0. The summed E-state index contributed by atoms with van der Waals surface area (Å²) < 4.78 is 0. The third-order valence-corrected chi connectivity index (χ3v) is 5.87. The van der Waals surface area contributed by atoms with Crippen molar-refractivity contribution in [1.82, 2.24) is 10.2 Å². The highest BCUT2D eigenvalue weighted by molar-refractivity contribution is 6.00. The first-order chi connectivity index (χ1) is 16.3. The van der Waals surface area contributed by atoms with Crippen molar-refractivity contribution < 1.29 is 14.4 Å². The summed E-state index contributed by atoms with van der Waals surface area (Å²) in [7, 11) is 0. The maximum atomic E-state index is 13.0. The first kappa shape index (κ1) is 25.0. The molecule has 0 aliphatic carbocycles. The lowest BCUT2D eigenvalue weighted by molar-refractivity contribution is -0.127. The zero-order valence-corrected chi connectivity index (χ0v) is 20.3. The van der Waals surface area contributed by atoms with Crippen LogP contribution in [0.1, 0.15) is 43.6 Å². The lowest BCUT2D eigenvalue weighted by atomic mass is 10.0. The van der Waals surface area contributed by atoms with E-state index in [4.69, 9.17) is 0 Å². The van der Waals surface area contributed by atoms with Gasteiger partial charge in [-0.3, -0.25) is 14.4 Å². The number of carbonyl (C=O) groups is 3. The summed E-state index contributed by atoms with van der Waals surface area (Å²) in [6.45, 7) is 8.87. The van der Waals surface area contributed by atoms with E-state index in [1.165, 1.54) is 0 Å². The number of nitrogens with one attached hydrogen (secondary N) is 2. The number of nitrogens with zero attached hydrogens (tertiary/aromatic N) is 1. The Morgan fingerprint density at radius 2 is 1.56 bits per heavy atom. The van der Waals surface area contributed by atoms with Crippen molar-refractivity contribution in [2.24, 2.45) is 5.92 Å². The Kier molecular flexibility index (Phi) is 8.41. The SMILES string of the molecule is CCN(CC)C(=O)c1cccc(NC(=O)C(NC(=O)Cc2ccc3ccccc3c2)C(C)C)c1. The molecule has 3 aromatic rings. The van der Waals surface area contributed by atoms with Gasteiger partial charge in [-0.2, -0.15) is 0 Å². The highest BCUT2D eigenvalue weighted by atomic mass is 16.2. The van der Waals surface area contributed by atoms with Gasteiger partial charge in [-0.15, -0.1) is 0 Å². The van der Waals surface area contributed by atoms with Crippen molar-refractivity contribution in [3.8, 4) is 0 Å². The Bertz CT molecular complexity index is 1170. The minimum Gasteiger partial charge on any atom is -0.344 e. The molecule has 1 atom stereocenters. The van der Waals surface area contributed by atoms with Gasteiger partial charge in [-0.05, 0) is 54.3 Å². The second-order valence-electron chi connectivity index (χ2n) is 8.69. The highest BCUT2D eigenvalue weighted by Crippen LogP contribution is 2.17. The van der Waals surface area contributed by atoms with Crippen LogP contribution >= 0.6 is 0 Å². The first-order valence-corrected chi connectivity index (χ1v) is 11.8. The lowest BCUT2D eigenvalue weighted by Crippen LogP contribution is -2.47. The fraction of sp³-hybridized carbons (Fsp3) is 0.321. The summed E-state index contributed by atoms with van der Waals surface area (Å²) in [5.74, 6) is -0.713. The van der Waals surface area contributed by atoms with Gasteiger partial charge in [0.2, 0.25) is 11.8 Å². The van der Waals surface area contributed by atoms with Gasteiger partial charge in [-0.25, -0.2) is 0 Å². The molecule has 3 rings (SSSR count). The van der Waals surface area contributed by atoms with Gasteiger partial charge < -0.3 is 15.5 Å². The maximum Gasteiger partial charge on any atom is 0.253 e. The summed E-state index contributed by atoms with van der Waals surface area (Å²) in [5.41, 5.74) is 1.93. The molecule has 0 aromatic heterocycles. The van der Waals surface area contributed by atoms with Crippen LogP contribution in [-0.4, -0.2) is 41.8 Å². The fourth-order valence-electron chi connectivity index (χ4n) is 3.94. The Morgan fingerprint density at radius 3 is 2.24 bits per heavy atom. The number of anilines is 1. The molecule has 0 heterocycles. The average molecular weight is 460 g/mol. The van der Waals surface area contributed by atoms with E-state index in [2.05, 4.69) is 10.6 Å². The number of rotatable bonds is 9. The highest BCUT2D eigenvalue weighted by Gasteiger charge is 2.24. The number of carbonyl (C=O) groups excluding carboxylic acids is 3. The van der Waals surface area contributed by atoms with Crippen LogP contribution in [0.3, 0.4) is 0 Å². The normalized spacial score (nSPS) is 11.8. The topological polar surface area (TPSA) is 78.5 Å². The molecule has 0 spiro atoms. The summed E-state index contributed by atoms with van der Waals surface area (Å²) in [4.78, 5) is 40.2. The summed E-state index contributed by atoms with van der Waals surface area (Å²) in [5, 5.41) is 7.94. The Hall–Kier alpha value is -3.67. The Balaban J connectivity index is 1.67. The fourth-order valence-corrected chi connectivity index (χ4v) is 3.94. The average Bonchev–Trinajstić information content (AvgIpc) is 2.83. The molecule has 0 aliphatic heterocycles. The molecule has 0 radical (unpaired) electrons. The molecule has 6 heteroatoms. The first-order valence-electron chi connectivity index (χ1n) is 11.8. The molecule has 0 saturated carbocycles. The zero-order valence-electron chi connectivity index (χ0n) is 20.3. The molecule has 2 N–H and O–H groups in total. The van der Waals surface area contributed by atoms with Crippen molar-refractivity contribution in [3.63, 3.8) is 0 Å². The van der Waals surface area contributed by atoms with Crippen LogP contribution in [0.5, 0.6) is 0 Å². The van der Waals surface area contributed by atoms with Gasteiger partial charge in [0.05, 0.1) is 6.42 Å². The molecule has 34 heavy (non-hydrogen) atoms. The van der Waals surface area contributed by atoms with Gasteiger partial charge in [0.1, 0.15) is 6.04 Å². The standard InChI is InChI=1S/C28H33N3O3/c1-5-31(6-2)28(34)23-12-9-13-24(18-23)29-27(33)26(19(3)4)30-25(32)17-20-14-15-21-10-7-8-11-22(21)16-20/h7-16,18-19,26H,5-6,17H2,1-4H3,(H,29,33)(H,30,32). The van der Waals surface area contributed by atoms with E-state index in [9.17, 15) is 14.4 Å². The van der Waals surface area contributed by atoms with E-state index in [1.807, 2.05) is 70.2 Å². The zero-order chi connectivity index (χ0) is 24.7. The van der Waals surface area contributed by atoms with Crippen LogP contribution in [0.4, 0.5) is 5.69 Å². The Morgan fingerprint density at radius 1 is 0.853 bits per heavy atom. The number of fused-ring (bicyclic) bond motifs is 1. The minimum atomic E-state index is -0.699. The van der Waals surface area contributed by atoms with Crippen LogP contribution in [-0.2, 0) is 16.0 Å². The van der Waals surface area contributed by atoms with Crippen LogP contribution in [0.25, 0.3) is 10.8 Å². The number of hydrogen-bond acceptors (Lipinski definition) is 3. The van der Waals surface area contributed by atoms with Gasteiger partial charge >= 0.3 is 0 Å². The van der Waals surface area contributed by atoms with Gasteiger partial charge in [-0.1, -0.05) is 62.4 Å². The predicted octanol–water partition coefficient (Wildman–Crippen LogP) is 4.64. The van der Waals surface area contributed by atoms with Gasteiger partial charge in [0.15, 0.2) is 0 Å². The smallest absolute Gasteiger partial charge is 0.253 e. The molecule has 0 fully saturated rings. The molecule has 178 valence electrons. The molecule has 3 amide bonds. The van der Waals surface area contributed by atoms with Crippen LogP contribution < -0.4 is 10.6 Å². The molecular formula is C28H33N3O3. The lowest BCUT2D eigenvalue weighted by Gasteiger charge is -2.22. The van der Waals surface area contributed by atoms with Crippen LogP contribution in [0, 0.1) is 5.92 Å². The van der Waals surface area contributed by atoms with E-state index < -0.39 is 6.04 Å². The molecule has 0 aliphatic rings. The number of amides is 3. The molecule has 0 bridgehead atoms. The predicted molar refractivity (Wildman–Crippen MR) is 137 cm³/mol. The monoisotopic (exact) mass is 459 g/mol. The van der Waals surface area contributed by atoms with Crippen molar-refractivity contribution in [1.29, 1.82) is 0 Å². The molecule has 3 aromatic carbocycles. The van der Waals surface area contributed by atoms with E-state index >= 15 is 0 Å². The second-order valence-corrected chi connectivity index (χ2v) is 8.69. The molecular weight excluding hydrogens is 426 g/mol. The van der Waals surface area contributed by atoms with Crippen molar-refractivity contribution >= 4 is 34.2 Å². The molecule has 0 saturated heterocycles. The largest absolute Gasteiger partial charge is 0.344 e. The second kappa shape index (κ2) is 11.5. The third kappa shape index (κ3) is 6.22. The molecule has 1 unspecified atom stereocenters. The number of benzene rings is 3. The summed E-state index contributed by atoms with van der Waals surface area (Å²) in [6, 6.07) is 20.1. The van der Waals surface area contributed by atoms with E-state index in [0.717, 1.165) is 16.3 Å². The van der Waals surface area contributed by atoms with Crippen LogP contribution in [0.2, 0.25) is 0 Å². The van der Waals surface area contributed by atoms with E-state index in [1.54, 1.807) is 29.2 Å². The van der Waals surface area contributed by atoms with Crippen LogP contribution in [0.15, 0.2) is 66.7 Å². The molecule has 6 nitrogen and oxygen atoms in total. The van der Waals surface area contributed by atoms with E-state index in [0.29, 0.717) is 24.3 Å². The van der Waals surface area contributed by atoms with Gasteiger partial charge in [0, 0.05) is 24.3 Å². The number of hydrogen-bond donors (Lipinski definition) is 2. The van der Waals surface area contributed by atoms with Gasteiger partial charge in [0.25, 0.3) is 5.91 Å². The summed E-state index contributed by atoms with van der Waals surface area (Å²) in [6.07, 6.45) is 0.190. The van der Waals surface area contributed by atoms with Crippen molar-refractivity contribution in [3.05, 3.63) is 77.9 Å². The van der Waals surface area contributed by atoms with E-state index in [-0.39, 0.29) is 30.1 Å². The third-order valence-electron chi connectivity index (χ3n) is 5.87. The van der Waals surface area contributed by atoms with Crippen molar-refractivity contribution in [2.75, 3.05) is 18.4 Å².